The zero-order valence-electron chi connectivity index (χ0n) is 15.2. The maximum absolute atomic E-state index is 14.3. The molecule has 26 heavy (non-hydrogen) atoms. The van der Waals surface area contributed by atoms with Crippen LogP contribution in [0.1, 0.15) is 56.6 Å². The number of aromatic nitrogens is 1. The Morgan fingerprint density at radius 1 is 1.15 bits per heavy atom. The molecule has 4 nitrogen and oxygen atoms in total. The second-order valence-electron chi connectivity index (χ2n) is 7.06. The van der Waals surface area contributed by atoms with Crippen LogP contribution in [0.25, 0.3) is 0 Å². The second-order valence-corrected chi connectivity index (χ2v) is 7.87. The fraction of sp³-hybridized carbons (Fsp3) is 0.368. The van der Waals surface area contributed by atoms with Crippen LogP contribution >= 0.6 is 23.2 Å². The van der Waals surface area contributed by atoms with Crippen molar-refractivity contribution in [2.75, 3.05) is 0 Å². The molecule has 7 heteroatoms. The van der Waals surface area contributed by atoms with Crippen LogP contribution in [0, 0.1) is 5.82 Å². The Morgan fingerprint density at radius 2 is 1.81 bits per heavy atom. The molecule has 0 N–H and O–H groups in total. The quantitative estimate of drug-likeness (QED) is 0.558. The predicted octanol–water partition coefficient (Wildman–Crippen LogP) is 6.40. The third-order valence-electron chi connectivity index (χ3n) is 3.26. The lowest BCUT2D eigenvalue weighted by Gasteiger charge is -2.20. The molecule has 1 aromatic heterocycles. The molecule has 0 atom stereocenters. The highest BCUT2D eigenvalue weighted by Gasteiger charge is 2.23. The first-order chi connectivity index (χ1) is 12.0. The number of rotatable bonds is 4. The first-order valence-electron chi connectivity index (χ1n) is 8.03. The van der Waals surface area contributed by atoms with Crippen LogP contribution in [0.4, 0.5) is 4.39 Å². The number of hydrogen-bond donors (Lipinski definition) is 0. The number of esters is 1. The first kappa shape index (κ1) is 20.5. The zero-order chi connectivity index (χ0) is 19.6. The van der Waals surface area contributed by atoms with E-state index in [-0.39, 0.29) is 22.3 Å². The fourth-order valence-corrected chi connectivity index (χ4v) is 2.71. The van der Waals surface area contributed by atoms with Gasteiger partial charge in [0, 0.05) is 12.1 Å². The van der Waals surface area contributed by atoms with E-state index in [2.05, 4.69) is 4.98 Å². The minimum atomic E-state index is -0.797. The average Bonchev–Trinajstić information content (AvgIpc) is 2.48. The molecule has 1 heterocycles. The maximum atomic E-state index is 14.3. The van der Waals surface area contributed by atoms with Gasteiger partial charge in [0.15, 0.2) is 0 Å². The molecular weight excluding hydrogens is 380 g/mol. The van der Waals surface area contributed by atoms with Gasteiger partial charge in [0.2, 0.25) is 0 Å². The van der Waals surface area contributed by atoms with Crippen LogP contribution in [0.3, 0.4) is 0 Å². The molecule has 0 saturated heterocycles. The van der Waals surface area contributed by atoms with E-state index >= 15 is 0 Å². The summed E-state index contributed by atoms with van der Waals surface area (Å²) < 4.78 is 25.1. The van der Waals surface area contributed by atoms with Gasteiger partial charge < -0.3 is 9.47 Å². The molecule has 0 aliphatic heterocycles. The Labute approximate surface area is 162 Å². The highest BCUT2D eigenvalue weighted by atomic mass is 35.5. The monoisotopic (exact) mass is 399 g/mol. The molecule has 0 fully saturated rings. The summed E-state index contributed by atoms with van der Waals surface area (Å²) in [7, 11) is 0. The van der Waals surface area contributed by atoms with Crippen molar-refractivity contribution >= 4 is 29.2 Å². The Balaban J connectivity index is 2.28. The zero-order valence-corrected chi connectivity index (χ0v) is 16.7. The fourth-order valence-electron chi connectivity index (χ4n) is 2.13. The van der Waals surface area contributed by atoms with Crippen molar-refractivity contribution in [1.29, 1.82) is 0 Å². The van der Waals surface area contributed by atoms with Gasteiger partial charge in [0.25, 0.3) is 0 Å². The van der Waals surface area contributed by atoms with Crippen LogP contribution < -0.4 is 4.74 Å². The van der Waals surface area contributed by atoms with Crippen molar-refractivity contribution in [2.45, 2.75) is 46.1 Å². The molecule has 2 rings (SSSR count). The van der Waals surface area contributed by atoms with Crippen molar-refractivity contribution in [3.63, 3.8) is 0 Å². The van der Waals surface area contributed by atoms with E-state index < -0.39 is 17.4 Å². The number of carbonyl (C=O) groups is 1. The number of halogens is 3. The van der Waals surface area contributed by atoms with E-state index in [1.165, 1.54) is 12.3 Å². The summed E-state index contributed by atoms with van der Waals surface area (Å²) >= 11 is 12.3. The summed E-state index contributed by atoms with van der Waals surface area (Å²) in [5.74, 6) is -1.07. The van der Waals surface area contributed by atoms with Gasteiger partial charge in [0.05, 0.1) is 27.5 Å². The smallest absolute Gasteiger partial charge is 0.341 e. The Kier molecular flexibility index (Phi) is 6.14. The number of carbonyl (C=O) groups excluding carboxylic acids is 1. The number of nitrogens with zero attached hydrogens (tertiary/aromatic N) is 1. The molecule has 0 bridgehead atoms. The molecule has 0 unspecified atom stereocenters. The van der Waals surface area contributed by atoms with Crippen LogP contribution in [-0.4, -0.2) is 16.6 Å². The summed E-state index contributed by atoms with van der Waals surface area (Å²) in [6, 6.07) is 3.80. The lowest BCUT2D eigenvalue weighted by Crippen LogP contribution is -2.24. The van der Waals surface area contributed by atoms with Crippen molar-refractivity contribution in [3.05, 3.63) is 51.5 Å². The lowest BCUT2D eigenvalue weighted by atomic mass is 10.1. The summed E-state index contributed by atoms with van der Waals surface area (Å²) in [5.41, 5.74) is -0.272. The molecule has 0 saturated carbocycles. The summed E-state index contributed by atoms with van der Waals surface area (Å²) in [5, 5.41) is 0.510. The van der Waals surface area contributed by atoms with Gasteiger partial charge in [-0.2, -0.15) is 0 Å². The largest absolute Gasteiger partial charge is 0.456 e. The highest BCUT2D eigenvalue weighted by Crippen LogP contribution is 2.34. The lowest BCUT2D eigenvalue weighted by molar-refractivity contribution is 0.00647. The molecule has 0 radical (unpaired) electrons. The molecule has 0 aliphatic rings. The van der Waals surface area contributed by atoms with Gasteiger partial charge in [-0.05, 0) is 32.8 Å². The van der Waals surface area contributed by atoms with Gasteiger partial charge >= 0.3 is 5.97 Å². The normalized spacial score (nSPS) is 11.6. The van der Waals surface area contributed by atoms with E-state index in [1.54, 1.807) is 26.8 Å². The standard InChI is InChI=1S/C19H20Cl2FNO3/c1-10(2)17-14(21)6-11(9-23-17)25-16-8-15(22)12(7-13(16)20)18(24)26-19(3,4)5/h6-10H,1-5H3. The van der Waals surface area contributed by atoms with E-state index in [0.717, 1.165) is 11.8 Å². The van der Waals surface area contributed by atoms with Gasteiger partial charge in [-0.1, -0.05) is 37.0 Å². The van der Waals surface area contributed by atoms with Gasteiger partial charge in [-0.25, -0.2) is 9.18 Å². The average molecular weight is 400 g/mol. The molecule has 140 valence electrons. The maximum Gasteiger partial charge on any atom is 0.341 e. The van der Waals surface area contributed by atoms with E-state index in [9.17, 15) is 9.18 Å². The van der Waals surface area contributed by atoms with Crippen molar-refractivity contribution in [3.8, 4) is 11.5 Å². The van der Waals surface area contributed by atoms with E-state index in [0.29, 0.717) is 10.8 Å². The second kappa shape index (κ2) is 7.80. The van der Waals surface area contributed by atoms with E-state index in [4.69, 9.17) is 32.7 Å². The van der Waals surface area contributed by atoms with Crippen LogP contribution in [-0.2, 0) is 4.74 Å². The minimum absolute atomic E-state index is 0.0478. The molecule has 0 spiro atoms. The number of benzene rings is 1. The number of ether oxygens (including phenoxy) is 2. The summed E-state index contributed by atoms with van der Waals surface area (Å²) in [4.78, 5) is 16.3. The van der Waals surface area contributed by atoms with Crippen LogP contribution in [0.5, 0.6) is 11.5 Å². The summed E-state index contributed by atoms with van der Waals surface area (Å²) in [6.45, 7) is 9.02. The van der Waals surface area contributed by atoms with Gasteiger partial charge in [0.1, 0.15) is 22.9 Å². The molecule has 2 aromatic rings. The Hall–Kier alpha value is -1.85. The third-order valence-corrected chi connectivity index (χ3v) is 3.86. The molecule has 1 aromatic carbocycles. The van der Waals surface area contributed by atoms with Crippen LogP contribution in [0.15, 0.2) is 24.4 Å². The van der Waals surface area contributed by atoms with Crippen LogP contribution in [0.2, 0.25) is 10.0 Å². The van der Waals surface area contributed by atoms with Crippen molar-refractivity contribution in [1.82, 2.24) is 4.98 Å². The van der Waals surface area contributed by atoms with Crippen molar-refractivity contribution < 1.29 is 18.7 Å². The minimum Gasteiger partial charge on any atom is -0.456 e. The van der Waals surface area contributed by atoms with Gasteiger partial charge in [-0.15, -0.1) is 0 Å². The topological polar surface area (TPSA) is 48.4 Å². The summed E-state index contributed by atoms with van der Waals surface area (Å²) in [6.07, 6.45) is 1.48. The number of pyridine rings is 1. The van der Waals surface area contributed by atoms with Gasteiger partial charge in [-0.3, -0.25) is 4.98 Å². The number of hydrogen-bond acceptors (Lipinski definition) is 4. The SMILES string of the molecule is CC(C)c1ncc(Oc2cc(F)c(C(=O)OC(C)(C)C)cc2Cl)cc1Cl. The third kappa shape index (κ3) is 5.08. The van der Waals surface area contributed by atoms with E-state index in [1.807, 2.05) is 13.8 Å². The molecule has 0 aliphatic carbocycles. The predicted molar refractivity (Wildman–Crippen MR) is 100.0 cm³/mol. The Bertz CT molecular complexity index is 832. The van der Waals surface area contributed by atoms with Crippen molar-refractivity contribution in [2.24, 2.45) is 0 Å². The highest BCUT2D eigenvalue weighted by molar-refractivity contribution is 6.32. The molecular formula is C19H20Cl2FNO3. The Morgan fingerprint density at radius 3 is 2.35 bits per heavy atom. The first-order valence-corrected chi connectivity index (χ1v) is 8.79. The molecule has 0 amide bonds.